The lowest BCUT2D eigenvalue weighted by molar-refractivity contribution is 0.0153. The van der Waals surface area contributed by atoms with Crippen LogP contribution in [-0.4, -0.2) is 44.5 Å². The molecule has 1 aromatic carbocycles. The van der Waals surface area contributed by atoms with Gasteiger partial charge in [0.2, 0.25) is 0 Å². The van der Waals surface area contributed by atoms with Gasteiger partial charge in [0, 0.05) is 12.6 Å². The minimum atomic E-state index is -0.158. The van der Waals surface area contributed by atoms with Gasteiger partial charge >= 0.3 is 6.03 Å². The zero-order valence-electron chi connectivity index (χ0n) is 14.0. The van der Waals surface area contributed by atoms with Crippen molar-refractivity contribution in [1.29, 1.82) is 0 Å². The van der Waals surface area contributed by atoms with Crippen molar-refractivity contribution in [3.05, 3.63) is 24.3 Å². The predicted octanol–water partition coefficient (Wildman–Crippen LogP) is 2.33. The molecule has 0 aliphatic carbocycles. The SMILES string of the molecule is COc1ccc(OC(C)CNC(=O)NC2CCOC(C)C2)cc1. The normalized spacial score (nSPS) is 22.0. The Kier molecular flexibility index (Phi) is 6.52. The van der Waals surface area contributed by atoms with Gasteiger partial charge in [-0.3, -0.25) is 0 Å². The van der Waals surface area contributed by atoms with Crippen LogP contribution in [0.3, 0.4) is 0 Å². The third-order valence-corrected chi connectivity index (χ3v) is 3.77. The van der Waals surface area contributed by atoms with Gasteiger partial charge in [0.25, 0.3) is 0 Å². The number of nitrogens with one attached hydrogen (secondary N) is 2. The third kappa shape index (κ3) is 5.98. The van der Waals surface area contributed by atoms with Crippen molar-refractivity contribution in [2.75, 3.05) is 20.3 Å². The van der Waals surface area contributed by atoms with E-state index in [-0.39, 0.29) is 24.3 Å². The van der Waals surface area contributed by atoms with E-state index in [4.69, 9.17) is 14.2 Å². The summed E-state index contributed by atoms with van der Waals surface area (Å²) in [6, 6.07) is 7.39. The maximum Gasteiger partial charge on any atom is 0.315 e. The number of amides is 2. The third-order valence-electron chi connectivity index (χ3n) is 3.77. The summed E-state index contributed by atoms with van der Waals surface area (Å²) in [5.74, 6) is 1.53. The molecular weight excluding hydrogens is 296 g/mol. The first-order valence-corrected chi connectivity index (χ1v) is 8.03. The van der Waals surface area contributed by atoms with Crippen molar-refractivity contribution in [3.8, 4) is 11.5 Å². The minimum Gasteiger partial charge on any atom is -0.497 e. The molecule has 1 aromatic rings. The van der Waals surface area contributed by atoms with Crippen molar-refractivity contribution < 1.29 is 19.0 Å². The van der Waals surface area contributed by atoms with Crippen LogP contribution >= 0.6 is 0 Å². The molecule has 1 aliphatic heterocycles. The van der Waals surface area contributed by atoms with Crippen LogP contribution in [0.2, 0.25) is 0 Å². The summed E-state index contributed by atoms with van der Waals surface area (Å²) in [7, 11) is 1.63. The highest BCUT2D eigenvalue weighted by molar-refractivity contribution is 5.74. The molecule has 128 valence electrons. The first-order valence-electron chi connectivity index (χ1n) is 8.03. The molecule has 2 rings (SSSR count). The van der Waals surface area contributed by atoms with Gasteiger partial charge in [-0.15, -0.1) is 0 Å². The summed E-state index contributed by atoms with van der Waals surface area (Å²) in [4.78, 5) is 11.9. The number of ether oxygens (including phenoxy) is 3. The van der Waals surface area contributed by atoms with Crippen LogP contribution in [0.15, 0.2) is 24.3 Å². The molecule has 1 heterocycles. The summed E-state index contributed by atoms with van der Waals surface area (Å²) >= 11 is 0. The Labute approximate surface area is 137 Å². The van der Waals surface area contributed by atoms with E-state index in [9.17, 15) is 4.79 Å². The van der Waals surface area contributed by atoms with Crippen molar-refractivity contribution >= 4 is 6.03 Å². The molecule has 0 bridgehead atoms. The Morgan fingerprint density at radius 3 is 2.70 bits per heavy atom. The van der Waals surface area contributed by atoms with E-state index in [0.29, 0.717) is 13.2 Å². The van der Waals surface area contributed by atoms with Crippen molar-refractivity contribution in [1.82, 2.24) is 10.6 Å². The van der Waals surface area contributed by atoms with Gasteiger partial charge in [-0.2, -0.15) is 0 Å². The second-order valence-corrected chi connectivity index (χ2v) is 5.86. The highest BCUT2D eigenvalue weighted by Crippen LogP contribution is 2.18. The number of hydrogen-bond donors (Lipinski definition) is 2. The Morgan fingerprint density at radius 2 is 2.04 bits per heavy atom. The van der Waals surface area contributed by atoms with Gasteiger partial charge in [-0.05, 0) is 51.0 Å². The van der Waals surface area contributed by atoms with E-state index in [1.54, 1.807) is 7.11 Å². The number of carbonyl (C=O) groups is 1. The fourth-order valence-electron chi connectivity index (χ4n) is 2.53. The summed E-state index contributed by atoms with van der Waals surface area (Å²) in [5.41, 5.74) is 0. The Hall–Kier alpha value is -1.95. The van der Waals surface area contributed by atoms with Crippen molar-refractivity contribution in [2.24, 2.45) is 0 Å². The largest absolute Gasteiger partial charge is 0.497 e. The molecule has 3 unspecified atom stereocenters. The van der Waals surface area contributed by atoms with Gasteiger partial charge in [-0.1, -0.05) is 0 Å². The van der Waals surface area contributed by atoms with Crippen LogP contribution < -0.4 is 20.1 Å². The van der Waals surface area contributed by atoms with E-state index < -0.39 is 0 Å². The first kappa shape index (κ1) is 17.4. The van der Waals surface area contributed by atoms with Crippen molar-refractivity contribution in [3.63, 3.8) is 0 Å². The van der Waals surface area contributed by atoms with Gasteiger partial charge in [-0.25, -0.2) is 4.79 Å². The second-order valence-electron chi connectivity index (χ2n) is 5.86. The van der Waals surface area contributed by atoms with Crippen LogP contribution in [0.1, 0.15) is 26.7 Å². The Morgan fingerprint density at radius 1 is 1.35 bits per heavy atom. The molecule has 0 spiro atoms. The zero-order chi connectivity index (χ0) is 16.7. The topological polar surface area (TPSA) is 68.8 Å². The zero-order valence-corrected chi connectivity index (χ0v) is 14.0. The highest BCUT2D eigenvalue weighted by atomic mass is 16.5. The van der Waals surface area contributed by atoms with Crippen LogP contribution in [0.25, 0.3) is 0 Å². The summed E-state index contributed by atoms with van der Waals surface area (Å²) in [6.45, 7) is 5.08. The summed E-state index contributed by atoms with van der Waals surface area (Å²) in [6.07, 6.45) is 1.79. The number of methoxy groups -OCH3 is 1. The average Bonchev–Trinajstić information content (AvgIpc) is 2.54. The molecule has 2 N–H and O–H groups in total. The predicted molar refractivity (Wildman–Crippen MR) is 88.1 cm³/mol. The molecule has 23 heavy (non-hydrogen) atoms. The Balaban J connectivity index is 1.68. The number of benzene rings is 1. The Bertz CT molecular complexity index is 492. The van der Waals surface area contributed by atoms with E-state index in [1.165, 1.54) is 0 Å². The summed E-state index contributed by atoms with van der Waals surface area (Å²) in [5, 5.41) is 5.83. The maximum atomic E-state index is 11.9. The van der Waals surface area contributed by atoms with Gasteiger partial charge in [0.05, 0.1) is 19.8 Å². The maximum absolute atomic E-state index is 11.9. The van der Waals surface area contributed by atoms with Crippen LogP contribution in [0.5, 0.6) is 11.5 Å². The number of hydrogen-bond acceptors (Lipinski definition) is 4. The number of urea groups is 1. The average molecular weight is 322 g/mol. The minimum absolute atomic E-state index is 0.122. The van der Waals surface area contributed by atoms with Crippen LogP contribution in [0.4, 0.5) is 4.79 Å². The fourth-order valence-corrected chi connectivity index (χ4v) is 2.53. The number of rotatable bonds is 6. The lowest BCUT2D eigenvalue weighted by Crippen LogP contribution is -2.47. The monoisotopic (exact) mass is 322 g/mol. The van der Waals surface area contributed by atoms with Crippen molar-refractivity contribution in [2.45, 2.75) is 44.9 Å². The molecule has 3 atom stereocenters. The van der Waals surface area contributed by atoms with E-state index in [0.717, 1.165) is 24.3 Å². The molecule has 2 amide bonds. The molecule has 1 aliphatic rings. The lowest BCUT2D eigenvalue weighted by atomic mass is 10.0. The van der Waals surface area contributed by atoms with Gasteiger partial charge in [0.15, 0.2) is 0 Å². The quantitative estimate of drug-likeness (QED) is 0.843. The van der Waals surface area contributed by atoms with E-state index in [1.807, 2.05) is 38.1 Å². The van der Waals surface area contributed by atoms with Crippen LogP contribution in [0, 0.1) is 0 Å². The molecule has 1 fully saturated rings. The molecule has 6 heteroatoms. The standard InChI is InChI=1S/C17H26N2O4/c1-12-10-14(8-9-22-12)19-17(20)18-11-13(2)23-16-6-4-15(21-3)5-7-16/h4-7,12-14H,8-11H2,1-3H3,(H2,18,19,20). The molecule has 6 nitrogen and oxygen atoms in total. The first-order chi connectivity index (χ1) is 11.1. The molecule has 1 saturated heterocycles. The summed E-state index contributed by atoms with van der Waals surface area (Å²) < 4.78 is 16.3. The number of carbonyl (C=O) groups excluding carboxylic acids is 1. The van der Waals surface area contributed by atoms with E-state index in [2.05, 4.69) is 10.6 Å². The van der Waals surface area contributed by atoms with Gasteiger partial charge < -0.3 is 24.8 Å². The highest BCUT2D eigenvalue weighted by Gasteiger charge is 2.20. The fraction of sp³-hybridized carbons (Fsp3) is 0.588. The smallest absolute Gasteiger partial charge is 0.315 e. The second kappa shape index (κ2) is 8.62. The van der Waals surface area contributed by atoms with E-state index >= 15 is 0 Å². The molecule has 0 radical (unpaired) electrons. The molecular formula is C17H26N2O4. The molecule has 0 aromatic heterocycles. The van der Waals surface area contributed by atoms with Crippen LogP contribution in [-0.2, 0) is 4.74 Å². The lowest BCUT2D eigenvalue weighted by Gasteiger charge is -2.28. The molecule has 0 saturated carbocycles. The van der Waals surface area contributed by atoms with Gasteiger partial charge in [0.1, 0.15) is 17.6 Å².